The molecule has 1 saturated heterocycles. The molecule has 2 atom stereocenters. The first kappa shape index (κ1) is 19.3. The smallest absolute Gasteiger partial charge is 0.174 e. The van der Waals surface area contributed by atoms with Crippen LogP contribution in [-0.2, 0) is 6.54 Å². The maximum absolute atomic E-state index is 10.6. The van der Waals surface area contributed by atoms with E-state index in [0.29, 0.717) is 17.3 Å². The Bertz CT molecular complexity index is 1190. The molecule has 2 N–H and O–H groups in total. The highest BCUT2D eigenvalue weighted by Gasteiger charge is 2.42. The van der Waals surface area contributed by atoms with Crippen LogP contribution in [0.2, 0.25) is 0 Å². The number of anilines is 1. The summed E-state index contributed by atoms with van der Waals surface area (Å²) in [6.07, 6.45) is 7.49. The number of para-hydroxylation sites is 2. The van der Waals surface area contributed by atoms with Gasteiger partial charge in [-0.25, -0.2) is 0 Å². The number of hydrogen-bond donors (Lipinski definition) is 2. The Morgan fingerprint density at radius 1 is 0.968 bits per heavy atom. The lowest BCUT2D eigenvalue weighted by Crippen LogP contribution is -2.30. The Labute approximate surface area is 185 Å². The molecule has 7 heteroatoms. The van der Waals surface area contributed by atoms with Crippen LogP contribution in [0.1, 0.15) is 29.0 Å². The third kappa shape index (κ3) is 3.64. The zero-order valence-electron chi connectivity index (χ0n) is 16.7. The minimum atomic E-state index is -0.192. The Balaban J connectivity index is 1.62. The lowest BCUT2D eigenvalue weighted by atomic mass is 10.0. The van der Waals surface area contributed by atoms with Gasteiger partial charge >= 0.3 is 0 Å². The lowest BCUT2D eigenvalue weighted by Gasteiger charge is -2.29. The Morgan fingerprint density at radius 2 is 1.84 bits per heavy atom. The molecule has 0 radical (unpaired) electrons. The number of benzene rings is 1. The molecule has 31 heavy (non-hydrogen) atoms. The number of aromatic hydroxyl groups is 1. The van der Waals surface area contributed by atoms with E-state index in [1.165, 1.54) is 0 Å². The summed E-state index contributed by atoms with van der Waals surface area (Å²) < 4.78 is 2.19. The third-order valence-corrected chi connectivity index (χ3v) is 5.80. The molecule has 0 aliphatic carbocycles. The third-order valence-electron chi connectivity index (χ3n) is 5.48. The van der Waals surface area contributed by atoms with Crippen LogP contribution < -0.4 is 10.2 Å². The predicted octanol–water partition coefficient (Wildman–Crippen LogP) is 4.21. The molecule has 0 amide bonds. The van der Waals surface area contributed by atoms with Crippen LogP contribution in [0, 0.1) is 0 Å². The average Bonchev–Trinajstić information content (AvgIpc) is 3.39. The summed E-state index contributed by atoms with van der Waals surface area (Å²) in [5.41, 5.74) is 3.73. The molecule has 154 valence electrons. The fourth-order valence-electron chi connectivity index (χ4n) is 4.11. The van der Waals surface area contributed by atoms with E-state index in [2.05, 4.69) is 38.2 Å². The Hall–Kier alpha value is -3.71. The van der Waals surface area contributed by atoms with Gasteiger partial charge in [-0.1, -0.05) is 24.3 Å². The number of aromatic nitrogens is 3. The van der Waals surface area contributed by atoms with Gasteiger partial charge in [0.2, 0.25) is 0 Å². The van der Waals surface area contributed by atoms with E-state index in [0.717, 1.165) is 17.0 Å². The SMILES string of the molecule is Oc1ccccc1N1C(=S)NC(c2ccccn2)C1c1cccn1Cc1cccnc1. The molecule has 1 aromatic carbocycles. The highest BCUT2D eigenvalue weighted by Crippen LogP contribution is 2.44. The molecule has 6 nitrogen and oxygen atoms in total. The first-order valence-corrected chi connectivity index (χ1v) is 10.5. The fraction of sp³-hybridized carbons (Fsp3) is 0.125. The monoisotopic (exact) mass is 427 g/mol. The molecule has 4 aromatic rings. The van der Waals surface area contributed by atoms with E-state index in [1.807, 2.05) is 59.6 Å². The molecular formula is C24H21N5OS. The highest BCUT2D eigenvalue weighted by molar-refractivity contribution is 7.80. The number of nitrogens with zero attached hydrogens (tertiary/aromatic N) is 4. The minimum absolute atomic E-state index is 0.171. The van der Waals surface area contributed by atoms with Crippen LogP contribution in [0.3, 0.4) is 0 Å². The molecule has 0 spiro atoms. The molecule has 2 unspecified atom stereocenters. The van der Waals surface area contributed by atoms with Crippen molar-refractivity contribution in [2.75, 3.05) is 4.90 Å². The van der Waals surface area contributed by atoms with Crippen LogP contribution in [0.25, 0.3) is 0 Å². The van der Waals surface area contributed by atoms with Crippen molar-refractivity contribution in [2.45, 2.75) is 18.6 Å². The maximum atomic E-state index is 10.6. The fourth-order valence-corrected chi connectivity index (χ4v) is 4.45. The van der Waals surface area contributed by atoms with Crippen molar-refractivity contribution in [3.05, 3.63) is 108 Å². The zero-order chi connectivity index (χ0) is 21.2. The van der Waals surface area contributed by atoms with Crippen molar-refractivity contribution in [1.82, 2.24) is 19.9 Å². The number of phenols is 1. The summed E-state index contributed by atoms with van der Waals surface area (Å²) in [6.45, 7) is 0.684. The van der Waals surface area contributed by atoms with E-state index >= 15 is 0 Å². The molecule has 3 aromatic heterocycles. The van der Waals surface area contributed by atoms with E-state index < -0.39 is 0 Å². The first-order chi connectivity index (χ1) is 15.2. The van der Waals surface area contributed by atoms with Gasteiger partial charge in [0.05, 0.1) is 17.4 Å². The predicted molar refractivity (Wildman–Crippen MR) is 124 cm³/mol. The number of hydrogen-bond acceptors (Lipinski definition) is 4. The minimum Gasteiger partial charge on any atom is -0.506 e. The van der Waals surface area contributed by atoms with Crippen LogP contribution >= 0.6 is 12.2 Å². The second-order valence-electron chi connectivity index (χ2n) is 7.41. The summed E-state index contributed by atoms with van der Waals surface area (Å²) in [6, 6.07) is 20.9. The van der Waals surface area contributed by atoms with Crippen molar-refractivity contribution >= 4 is 23.0 Å². The summed E-state index contributed by atoms with van der Waals surface area (Å²) in [4.78, 5) is 10.8. The molecule has 1 aliphatic heterocycles. The zero-order valence-corrected chi connectivity index (χ0v) is 17.5. The van der Waals surface area contributed by atoms with Gasteiger partial charge in [-0.2, -0.15) is 0 Å². The summed E-state index contributed by atoms with van der Waals surface area (Å²) in [7, 11) is 0. The van der Waals surface area contributed by atoms with Gasteiger partial charge in [-0.05, 0) is 60.2 Å². The second-order valence-corrected chi connectivity index (χ2v) is 7.79. The average molecular weight is 428 g/mol. The van der Waals surface area contributed by atoms with Crippen molar-refractivity contribution in [3.8, 4) is 5.75 Å². The van der Waals surface area contributed by atoms with Crippen molar-refractivity contribution in [1.29, 1.82) is 0 Å². The van der Waals surface area contributed by atoms with E-state index in [-0.39, 0.29) is 17.8 Å². The molecule has 0 saturated carbocycles. The molecule has 5 rings (SSSR count). The molecule has 0 bridgehead atoms. The molecular weight excluding hydrogens is 406 g/mol. The van der Waals surface area contributed by atoms with Gasteiger partial charge in [0.15, 0.2) is 5.11 Å². The van der Waals surface area contributed by atoms with E-state index in [9.17, 15) is 5.11 Å². The lowest BCUT2D eigenvalue weighted by molar-refractivity contribution is 0.471. The quantitative estimate of drug-likeness (QED) is 0.465. The summed E-state index contributed by atoms with van der Waals surface area (Å²) in [5.74, 6) is 0.184. The number of pyridine rings is 2. The van der Waals surface area contributed by atoms with Gasteiger partial charge in [0.25, 0.3) is 0 Å². The number of phenolic OH excluding ortho intramolecular Hbond substituents is 1. The van der Waals surface area contributed by atoms with Crippen molar-refractivity contribution < 1.29 is 5.11 Å². The second kappa shape index (κ2) is 8.20. The van der Waals surface area contributed by atoms with Crippen LogP contribution in [-0.4, -0.2) is 24.8 Å². The number of thiocarbonyl (C=S) groups is 1. The van der Waals surface area contributed by atoms with Crippen LogP contribution in [0.4, 0.5) is 5.69 Å². The summed E-state index contributed by atoms with van der Waals surface area (Å²) in [5, 5.41) is 14.6. The largest absolute Gasteiger partial charge is 0.506 e. The van der Waals surface area contributed by atoms with E-state index in [4.69, 9.17) is 12.2 Å². The number of rotatable bonds is 5. The van der Waals surface area contributed by atoms with Crippen LogP contribution in [0.5, 0.6) is 5.75 Å². The van der Waals surface area contributed by atoms with Gasteiger partial charge in [0.1, 0.15) is 11.8 Å². The highest BCUT2D eigenvalue weighted by atomic mass is 32.1. The van der Waals surface area contributed by atoms with Gasteiger partial charge in [-0.15, -0.1) is 0 Å². The normalized spacial score (nSPS) is 18.2. The van der Waals surface area contributed by atoms with Crippen LogP contribution in [0.15, 0.2) is 91.5 Å². The van der Waals surface area contributed by atoms with E-state index in [1.54, 1.807) is 18.5 Å². The topological polar surface area (TPSA) is 66.2 Å². The molecule has 4 heterocycles. The molecule has 1 aliphatic rings. The maximum Gasteiger partial charge on any atom is 0.174 e. The Kier molecular flexibility index (Phi) is 5.09. The van der Waals surface area contributed by atoms with Crippen molar-refractivity contribution in [3.63, 3.8) is 0 Å². The van der Waals surface area contributed by atoms with Gasteiger partial charge in [0, 0.05) is 37.0 Å². The molecule has 1 fully saturated rings. The number of nitrogens with one attached hydrogen (secondary N) is 1. The standard InChI is InChI=1S/C24H21N5OS/c30-21-11-2-1-9-19(21)29-23(22(27-24(29)31)18-8-3-4-13-26-18)20-10-6-14-28(20)16-17-7-5-12-25-15-17/h1-15,22-23,30H,16H2,(H,27,31). The first-order valence-electron chi connectivity index (χ1n) is 10.0. The Morgan fingerprint density at radius 3 is 2.61 bits per heavy atom. The summed E-state index contributed by atoms with van der Waals surface area (Å²) >= 11 is 5.74. The van der Waals surface area contributed by atoms with Gasteiger partial charge < -0.3 is 19.9 Å². The van der Waals surface area contributed by atoms with Crippen molar-refractivity contribution in [2.24, 2.45) is 0 Å². The van der Waals surface area contributed by atoms with Gasteiger partial charge in [-0.3, -0.25) is 9.97 Å².